The maximum absolute atomic E-state index is 12.0. The maximum Gasteiger partial charge on any atom is 0.248 e. The lowest BCUT2D eigenvalue weighted by molar-refractivity contribution is -0.133. The van der Waals surface area contributed by atoms with Crippen molar-refractivity contribution >= 4 is 11.8 Å². The third-order valence-electron chi connectivity index (χ3n) is 3.56. The van der Waals surface area contributed by atoms with Crippen molar-refractivity contribution in [1.29, 1.82) is 0 Å². The summed E-state index contributed by atoms with van der Waals surface area (Å²) in [6.07, 6.45) is 0.707. The second-order valence-electron chi connectivity index (χ2n) is 5.33. The van der Waals surface area contributed by atoms with E-state index in [1.165, 1.54) is 0 Å². The van der Waals surface area contributed by atoms with Gasteiger partial charge in [-0.15, -0.1) is 0 Å². The van der Waals surface area contributed by atoms with E-state index in [1.807, 2.05) is 60.7 Å². The summed E-state index contributed by atoms with van der Waals surface area (Å²) < 4.78 is 0. The van der Waals surface area contributed by atoms with Gasteiger partial charge in [0.25, 0.3) is 0 Å². The van der Waals surface area contributed by atoms with Crippen LogP contribution in [0.1, 0.15) is 11.1 Å². The molecule has 120 valence electrons. The lowest BCUT2D eigenvalue weighted by Crippen LogP contribution is -2.39. The molecule has 0 aliphatic carbocycles. The number of nitrogens with one attached hydrogen (secondary N) is 2. The van der Waals surface area contributed by atoms with E-state index >= 15 is 0 Å². The van der Waals surface area contributed by atoms with Gasteiger partial charge >= 0.3 is 0 Å². The predicted molar refractivity (Wildman–Crippen MR) is 86.7 cm³/mol. The van der Waals surface area contributed by atoms with E-state index in [1.54, 1.807) is 5.48 Å². The van der Waals surface area contributed by atoms with Crippen molar-refractivity contribution < 1.29 is 14.8 Å². The molecule has 0 radical (unpaired) electrons. The molecule has 2 rings (SSSR count). The van der Waals surface area contributed by atoms with Crippen molar-refractivity contribution in [1.82, 2.24) is 10.8 Å². The number of hydroxylamine groups is 1. The molecule has 2 aromatic rings. The first kappa shape index (κ1) is 16.7. The minimum Gasteiger partial charge on any atom is -0.355 e. The van der Waals surface area contributed by atoms with Gasteiger partial charge in [0, 0.05) is 6.54 Å². The number of amides is 2. The highest BCUT2D eigenvalue weighted by atomic mass is 16.5. The fourth-order valence-corrected chi connectivity index (χ4v) is 2.33. The molecule has 1 unspecified atom stereocenters. The van der Waals surface area contributed by atoms with Gasteiger partial charge in [-0.3, -0.25) is 14.8 Å². The van der Waals surface area contributed by atoms with E-state index in [0.717, 1.165) is 11.1 Å². The zero-order valence-electron chi connectivity index (χ0n) is 12.7. The van der Waals surface area contributed by atoms with Crippen LogP contribution in [0.2, 0.25) is 0 Å². The molecule has 0 aromatic heterocycles. The molecule has 2 amide bonds. The lowest BCUT2D eigenvalue weighted by atomic mass is 9.98. The Hall–Kier alpha value is -2.66. The maximum atomic E-state index is 12.0. The van der Waals surface area contributed by atoms with Crippen molar-refractivity contribution in [3.8, 4) is 0 Å². The number of benzene rings is 2. The molecule has 5 heteroatoms. The van der Waals surface area contributed by atoms with Crippen LogP contribution in [0.4, 0.5) is 0 Å². The average Bonchev–Trinajstić information content (AvgIpc) is 2.59. The fourth-order valence-electron chi connectivity index (χ4n) is 2.33. The Morgan fingerprint density at radius 1 is 0.913 bits per heavy atom. The highest BCUT2D eigenvalue weighted by molar-refractivity contribution is 5.81. The molecule has 0 aliphatic rings. The van der Waals surface area contributed by atoms with E-state index in [0.29, 0.717) is 6.42 Å². The van der Waals surface area contributed by atoms with Gasteiger partial charge in [-0.1, -0.05) is 60.7 Å². The van der Waals surface area contributed by atoms with Crippen LogP contribution in [0.3, 0.4) is 0 Å². The lowest BCUT2D eigenvalue weighted by Gasteiger charge is -2.16. The molecule has 0 fully saturated rings. The van der Waals surface area contributed by atoms with Crippen molar-refractivity contribution in [2.75, 3.05) is 6.54 Å². The van der Waals surface area contributed by atoms with Crippen molar-refractivity contribution in [2.24, 2.45) is 5.92 Å². The summed E-state index contributed by atoms with van der Waals surface area (Å²) in [6, 6.07) is 18.9. The summed E-state index contributed by atoms with van der Waals surface area (Å²) in [4.78, 5) is 23.7. The molecular formula is C18H20N2O3. The van der Waals surface area contributed by atoms with E-state index in [9.17, 15) is 9.59 Å². The smallest absolute Gasteiger partial charge is 0.248 e. The molecule has 5 nitrogen and oxygen atoms in total. The quantitative estimate of drug-likeness (QED) is 0.538. The van der Waals surface area contributed by atoms with Crippen molar-refractivity contribution in [3.05, 3.63) is 71.8 Å². The van der Waals surface area contributed by atoms with Gasteiger partial charge < -0.3 is 5.32 Å². The van der Waals surface area contributed by atoms with Crippen LogP contribution in [0.5, 0.6) is 0 Å². The fraction of sp³-hybridized carbons (Fsp3) is 0.222. The largest absolute Gasteiger partial charge is 0.355 e. The first-order valence-electron chi connectivity index (χ1n) is 7.47. The van der Waals surface area contributed by atoms with Gasteiger partial charge in [0.2, 0.25) is 11.8 Å². The monoisotopic (exact) mass is 312 g/mol. The van der Waals surface area contributed by atoms with E-state index in [2.05, 4.69) is 5.32 Å². The van der Waals surface area contributed by atoms with Gasteiger partial charge in [-0.05, 0) is 17.5 Å². The Kier molecular flexibility index (Phi) is 6.32. The summed E-state index contributed by atoms with van der Waals surface area (Å²) in [6.45, 7) is 0.174. The van der Waals surface area contributed by atoms with Crippen LogP contribution in [0.25, 0.3) is 0 Å². The summed E-state index contributed by atoms with van der Waals surface area (Å²) in [7, 11) is 0. The molecule has 1 atom stereocenters. The standard InChI is InChI=1S/C18H20N2O3/c21-17(12-15-9-5-2-6-10-15)19-13-16(18(22)20-23)11-14-7-3-1-4-8-14/h1-10,16,23H,11-13H2,(H,19,21)(H,20,22). The first-order valence-corrected chi connectivity index (χ1v) is 7.47. The summed E-state index contributed by atoms with van der Waals surface area (Å²) in [5, 5.41) is 11.6. The zero-order chi connectivity index (χ0) is 16.5. The SMILES string of the molecule is O=C(Cc1ccccc1)NCC(Cc1ccccc1)C(=O)NO. The number of hydrogen-bond donors (Lipinski definition) is 3. The zero-order valence-corrected chi connectivity index (χ0v) is 12.7. The van der Waals surface area contributed by atoms with Gasteiger partial charge in [0.05, 0.1) is 12.3 Å². The summed E-state index contributed by atoms with van der Waals surface area (Å²) in [5.41, 5.74) is 3.55. The summed E-state index contributed by atoms with van der Waals surface area (Å²) in [5.74, 6) is -1.18. The van der Waals surface area contributed by atoms with Gasteiger partial charge in [0.1, 0.15) is 0 Å². The highest BCUT2D eigenvalue weighted by Crippen LogP contribution is 2.09. The molecule has 0 heterocycles. The van der Waals surface area contributed by atoms with Gasteiger partial charge in [-0.2, -0.15) is 0 Å². The molecule has 2 aromatic carbocycles. The molecule has 0 saturated heterocycles. The van der Waals surface area contributed by atoms with Crippen LogP contribution in [0, 0.1) is 5.92 Å². The number of rotatable bonds is 7. The molecule has 0 saturated carbocycles. The molecule has 0 aliphatic heterocycles. The Morgan fingerprint density at radius 2 is 1.48 bits per heavy atom. The Bertz CT molecular complexity index is 629. The molecule has 23 heavy (non-hydrogen) atoms. The summed E-state index contributed by atoms with van der Waals surface area (Å²) >= 11 is 0. The topological polar surface area (TPSA) is 78.4 Å². The second kappa shape index (κ2) is 8.70. The van der Waals surface area contributed by atoms with E-state index in [4.69, 9.17) is 5.21 Å². The number of carbonyl (C=O) groups excluding carboxylic acids is 2. The molecule has 3 N–H and O–H groups in total. The number of hydrogen-bond acceptors (Lipinski definition) is 3. The number of carbonyl (C=O) groups is 2. The normalized spacial score (nSPS) is 11.5. The van der Waals surface area contributed by atoms with Crippen molar-refractivity contribution in [2.45, 2.75) is 12.8 Å². The predicted octanol–water partition coefficient (Wildman–Crippen LogP) is 1.71. The van der Waals surface area contributed by atoms with Crippen LogP contribution >= 0.6 is 0 Å². The molecular weight excluding hydrogens is 292 g/mol. The molecule has 0 spiro atoms. The Morgan fingerprint density at radius 3 is 2.04 bits per heavy atom. The van der Waals surface area contributed by atoms with Crippen LogP contribution < -0.4 is 10.8 Å². The first-order chi connectivity index (χ1) is 11.2. The Labute approximate surface area is 135 Å². The van der Waals surface area contributed by atoms with Crippen LogP contribution in [-0.4, -0.2) is 23.6 Å². The van der Waals surface area contributed by atoms with Gasteiger partial charge in [-0.25, -0.2) is 5.48 Å². The third-order valence-corrected chi connectivity index (χ3v) is 3.56. The average molecular weight is 312 g/mol. The minimum absolute atomic E-state index is 0.153. The highest BCUT2D eigenvalue weighted by Gasteiger charge is 2.19. The van der Waals surface area contributed by atoms with Gasteiger partial charge in [0.15, 0.2) is 0 Å². The Balaban J connectivity index is 1.90. The third kappa shape index (κ3) is 5.56. The molecule has 0 bridgehead atoms. The minimum atomic E-state index is -0.526. The van der Waals surface area contributed by atoms with Crippen LogP contribution in [0.15, 0.2) is 60.7 Å². The van der Waals surface area contributed by atoms with E-state index < -0.39 is 11.8 Å². The second-order valence-corrected chi connectivity index (χ2v) is 5.33. The van der Waals surface area contributed by atoms with E-state index in [-0.39, 0.29) is 18.9 Å². The van der Waals surface area contributed by atoms with Crippen LogP contribution in [-0.2, 0) is 22.4 Å². The van der Waals surface area contributed by atoms with Crippen molar-refractivity contribution in [3.63, 3.8) is 0 Å².